The number of carbonyl (C=O) groups is 1. The van der Waals surface area contributed by atoms with Crippen LogP contribution in [0.4, 0.5) is 5.82 Å². The van der Waals surface area contributed by atoms with Gasteiger partial charge in [-0.25, -0.2) is 13.2 Å². The fourth-order valence-corrected chi connectivity index (χ4v) is 3.99. The minimum Gasteiger partial charge on any atom is -0.283 e. The highest BCUT2D eigenvalue weighted by atomic mass is 32.2. The van der Waals surface area contributed by atoms with Gasteiger partial charge in [-0.3, -0.25) is 29.6 Å². The van der Waals surface area contributed by atoms with Gasteiger partial charge < -0.3 is 0 Å². The van der Waals surface area contributed by atoms with Gasteiger partial charge in [-0.05, 0) is 24.3 Å². The Balaban J connectivity index is 2.17. The monoisotopic (exact) mass is 409 g/mol. The van der Waals surface area contributed by atoms with Crippen LogP contribution in [0.5, 0.6) is 0 Å². The van der Waals surface area contributed by atoms with Crippen LogP contribution in [-0.2, 0) is 24.1 Å². The first-order valence-corrected chi connectivity index (χ1v) is 10.0. The molecule has 0 saturated heterocycles. The van der Waals surface area contributed by atoms with Gasteiger partial charge >= 0.3 is 5.69 Å². The Kier molecular flexibility index (Phi) is 6.41. The van der Waals surface area contributed by atoms with Crippen molar-refractivity contribution in [2.75, 3.05) is 18.5 Å². The van der Waals surface area contributed by atoms with Gasteiger partial charge in [0.1, 0.15) is 5.82 Å². The number of anilines is 1. The molecular weight excluding hydrogens is 386 g/mol. The maximum atomic E-state index is 12.5. The summed E-state index contributed by atoms with van der Waals surface area (Å²) in [5.74, 6) is -0.443. The van der Waals surface area contributed by atoms with Gasteiger partial charge in [0, 0.05) is 38.8 Å². The zero-order chi connectivity index (χ0) is 21.1. The number of amides is 1. The lowest BCUT2D eigenvalue weighted by atomic mass is 10.2. The molecule has 2 aromatic rings. The average molecular weight is 409 g/mol. The molecule has 0 aliphatic rings. The Morgan fingerprint density at radius 1 is 1.04 bits per heavy atom. The van der Waals surface area contributed by atoms with Crippen molar-refractivity contribution in [3.05, 3.63) is 56.7 Å². The number of benzene rings is 1. The van der Waals surface area contributed by atoms with Gasteiger partial charge in [0.2, 0.25) is 10.0 Å². The third-order valence-electron chi connectivity index (χ3n) is 4.29. The van der Waals surface area contributed by atoms with Crippen molar-refractivity contribution in [1.82, 2.24) is 18.9 Å². The molecule has 11 heteroatoms. The third kappa shape index (κ3) is 4.15. The Morgan fingerprint density at radius 2 is 1.61 bits per heavy atom. The molecule has 0 radical (unpaired) electrons. The first-order valence-electron chi connectivity index (χ1n) is 8.57. The zero-order valence-corrected chi connectivity index (χ0v) is 16.9. The number of nitrogens with one attached hydrogen (secondary N) is 2. The van der Waals surface area contributed by atoms with E-state index in [1.165, 1.54) is 53.3 Å². The fraction of sp³-hybridized carbons (Fsp3) is 0.353. The summed E-state index contributed by atoms with van der Waals surface area (Å²) in [5, 5.41) is 0. The van der Waals surface area contributed by atoms with E-state index in [0.29, 0.717) is 13.1 Å². The molecule has 0 fully saturated rings. The SMILES string of the molecule is CCN(CC)S(=O)(=O)c1ccc(C(=O)NNc2cc(=O)n(C)c(=O)n2C)cc1. The molecule has 0 aliphatic heterocycles. The van der Waals surface area contributed by atoms with Crippen LogP contribution in [0.3, 0.4) is 0 Å². The minimum absolute atomic E-state index is 0.0923. The van der Waals surface area contributed by atoms with E-state index in [1.807, 2.05) is 0 Å². The van der Waals surface area contributed by atoms with E-state index in [1.54, 1.807) is 13.8 Å². The van der Waals surface area contributed by atoms with Crippen LogP contribution in [0.15, 0.2) is 44.8 Å². The van der Waals surface area contributed by atoms with Gasteiger partial charge in [0.25, 0.3) is 11.5 Å². The summed E-state index contributed by atoms with van der Waals surface area (Å²) < 4.78 is 28.3. The first-order chi connectivity index (χ1) is 13.1. The molecule has 0 unspecified atom stereocenters. The topological polar surface area (TPSA) is 123 Å². The molecule has 10 nitrogen and oxygen atoms in total. The van der Waals surface area contributed by atoms with Crippen LogP contribution in [0.2, 0.25) is 0 Å². The molecule has 28 heavy (non-hydrogen) atoms. The summed E-state index contributed by atoms with van der Waals surface area (Å²) >= 11 is 0. The number of hydrogen-bond donors (Lipinski definition) is 2. The van der Waals surface area contributed by atoms with Crippen molar-refractivity contribution >= 4 is 21.7 Å². The second-order valence-electron chi connectivity index (χ2n) is 5.96. The summed E-state index contributed by atoms with van der Waals surface area (Å²) in [6, 6.07) is 6.65. The van der Waals surface area contributed by atoms with Crippen LogP contribution in [0, 0.1) is 0 Å². The molecule has 0 bridgehead atoms. The van der Waals surface area contributed by atoms with Crippen LogP contribution >= 0.6 is 0 Å². The Bertz CT molecular complexity index is 1080. The van der Waals surface area contributed by atoms with Crippen LogP contribution in [-0.4, -0.2) is 40.9 Å². The summed E-state index contributed by atoms with van der Waals surface area (Å²) in [7, 11) is -0.812. The summed E-state index contributed by atoms with van der Waals surface area (Å²) in [6.45, 7) is 4.19. The molecule has 1 aromatic heterocycles. The van der Waals surface area contributed by atoms with E-state index in [4.69, 9.17) is 0 Å². The van der Waals surface area contributed by atoms with Crippen molar-refractivity contribution in [3.8, 4) is 0 Å². The standard InChI is InChI=1S/C17H23N5O5S/c1-5-22(6-2)28(26,27)13-9-7-12(8-10-13)16(24)19-18-14-11-15(23)21(4)17(25)20(14)3/h7-11,18H,5-6H2,1-4H3,(H,19,24). The van der Waals surface area contributed by atoms with Crippen molar-refractivity contribution in [1.29, 1.82) is 0 Å². The van der Waals surface area contributed by atoms with E-state index < -0.39 is 27.2 Å². The Hall–Kier alpha value is -2.92. The predicted molar refractivity (Wildman–Crippen MR) is 105 cm³/mol. The van der Waals surface area contributed by atoms with Crippen molar-refractivity contribution in [2.45, 2.75) is 18.7 Å². The van der Waals surface area contributed by atoms with E-state index >= 15 is 0 Å². The normalized spacial score (nSPS) is 11.5. The lowest BCUT2D eigenvalue weighted by Crippen LogP contribution is -2.40. The second-order valence-corrected chi connectivity index (χ2v) is 7.90. The molecule has 152 valence electrons. The Labute approximate surface area is 162 Å². The number of aromatic nitrogens is 2. The van der Waals surface area contributed by atoms with Gasteiger partial charge in [-0.15, -0.1) is 0 Å². The molecule has 1 amide bonds. The maximum absolute atomic E-state index is 12.5. The smallest absolute Gasteiger partial charge is 0.283 e. The number of nitrogens with zero attached hydrogens (tertiary/aromatic N) is 3. The average Bonchev–Trinajstić information content (AvgIpc) is 2.68. The second kappa shape index (κ2) is 8.40. The van der Waals surface area contributed by atoms with Gasteiger partial charge in [-0.1, -0.05) is 13.8 Å². The minimum atomic E-state index is -3.61. The number of carbonyl (C=O) groups excluding carboxylic acids is 1. The van der Waals surface area contributed by atoms with E-state index in [2.05, 4.69) is 10.9 Å². The molecular formula is C17H23N5O5S. The van der Waals surface area contributed by atoms with E-state index in [0.717, 1.165) is 4.57 Å². The van der Waals surface area contributed by atoms with Gasteiger partial charge in [0.05, 0.1) is 4.90 Å². The molecule has 0 aliphatic carbocycles. The number of hydrogen-bond acceptors (Lipinski definition) is 6. The fourth-order valence-electron chi connectivity index (χ4n) is 2.54. The highest BCUT2D eigenvalue weighted by Crippen LogP contribution is 2.16. The van der Waals surface area contributed by atoms with Crippen LogP contribution in [0.1, 0.15) is 24.2 Å². The predicted octanol–water partition coefficient (Wildman–Crippen LogP) is -0.129. The Morgan fingerprint density at radius 3 is 2.14 bits per heavy atom. The van der Waals surface area contributed by atoms with Crippen molar-refractivity contribution < 1.29 is 13.2 Å². The molecule has 1 aromatic carbocycles. The highest BCUT2D eigenvalue weighted by Gasteiger charge is 2.21. The van der Waals surface area contributed by atoms with Crippen molar-refractivity contribution in [3.63, 3.8) is 0 Å². The third-order valence-corrected chi connectivity index (χ3v) is 6.35. The van der Waals surface area contributed by atoms with Gasteiger partial charge in [0.15, 0.2) is 0 Å². The summed E-state index contributed by atoms with van der Waals surface area (Å²) in [6.07, 6.45) is 0. The molecule has 0 saturated carbocycles. The molecule has 2 N–H and O–H groups in total. The molecule has 2 rings (SSSR count). The van der Waals surface area contributed by atoms with Crippen LogP contribution in [0.25, 0.3) is 0 Å². The number of sulfonamides is 1. The summed E-state index contributed by atoms with van der Waals surface area (Å²) in [5.41, 5.74) is 4.04. The van der Waals surface area contributed by atoms with Crippen LogP contribution < -0.4 is 22.1 Å². The maximum Gasteiger partial charge on any atom is 0.332 e. The lowest BCUT2D eigenvalue weighted by Gasteiger charge is -2.18. The van der Waals surface area contributed by atoms with Crippen molar-refractivity contribution in [2.24, 2.45) is 14.1 Å². The van der Waals surface area contributed by atoms with E-state index in [-0.39, 0.29) is 16.3 Å². The first kappa shape index (κ1) is 21.4. The largest absolute Gasteiger partial charge is 0.332 e. The summed E-state index contributed by atoms with van der Waals surface area (Å²) in [4.78, 5) is 35.9. The lowest BCUT2D eigenvalue weighted by molar-refractivity contribution is 0.0962. The molecule has 1 heterocycles. The quantitative estimate of drug-likeness (QED) is 0.615. The number of hydrazine groups is 1. The molecule has 0 spiro atoms. The van der Waals surface area contributed by atoms with E-state index in [9.17, 15) is 22.8 Å². The zero-order valence-electron chi connectivity index (χ0n) is 16.1. The van der Waals surface area contributed by atoms with Gasteiger partial charge in [-0.2, -0.15) is 4.31 Å². The number of rotatable bonds is 7. The molecule has 0 atom stereocenters. The highest BCUT2D eigenvalue weighted by molar-refractivity contribution is 7.89.